The lowest BCUT2D eigenvalue weighted by atomic mass is 9.74. The topological polar surface area (TPSA) is 32.3 Å². The van der Waals surface area contributed by atoms with Gasteiger partial charge in [-0.25, -0.2) is 4.39 Å². The number of hydrogen-bond donors (Lipinski definition) is 2. The summed E-state index contributed by atoms with van der Waals surface area (Å²) in [5, 5.41) is 15.2. The number of nitrogens with one attached hydrogen (secondary N) is 1. The van der Waals surface area contributed by atoms with E-state index >= 15 is 0 Å². The van der Waals surface area contributed by atoms with Crippen LogP contribution in [-0.4, -0.2) is 18.2 Å². The van der Waals surface area contributed by atoms with Gasteiger partial charge in [-0.05, 0) is 48.7 Å². The third-order valence-corrected chi connectivity index (χ3v) is 4.77. The van der Waals surface area contributed by atoms with E-state index in [0.717, 1.165) is 12.1 Å². The van der Waals surface area contributed by atoms with Crippen LogP contribution in [0.1, 0.15) is 17.5 Å². The fourth-order valence-electron chi connectivity index (χ4n) is 3.22. The summed E-state index contributed by atoms with van der Waals surface area (Å²) in [6.45, 7) is 1.40. The molecule has 1 aliphatic rings. The summed E-state index contributed by atoms with van der Waals surface area (Å²) < 4.78 is 13.9. The molecule has 2 aromatic rings. The molecule has 0 saturated carbocycles. The van der Waals surface area contributed by atoms with Crippen molar-refractivity contribution in [2.45, 2.75) is 18.4 Å². The predicted octanol–water partition coefficient (Wildman–Crippen LogP) is 3.52. The van der Waals surface area contributed by atoms with E-state index in [4.69, 9.17) is 11.6 Å². The summed E-state index contributed by atoms with van der Waals surface area (Å²) in [7, 11) is 0. The van der Waals surface area contributed by atoms with Gasteiger partial charge < -0.3 is 10.4 Å². The van der Waals surface area contributed by atoms with E-state index in [2.05, 4.69) is 5.32 Å². The normalized spacial score (nSPS) is 25.1. The molecule has 3 rings (SSSR count). The van der Waals surface area contributed by atoms with Gasteiger partial charge in [0.2, 0.25) is 0 Å². The standard InChI is InChI=1S/C18H19ClFNO/c19-16-7-5-14(6-8-16)18(22)9-10-21-12-15(18)11-13-3-1-2-4-17(13)20/h1-8,15,21-22H,9-12H2. The van der Waals surface area contributed by atoms with Crippen molar-refractivity contribution in [3.8, 4) is 0 Å². The lowest BCUT2D eigenvalue weighted by Gasteiger charge is -2.41. The number of halogens is 2. The Balaban J connectivity index is 1.90. The molecule has 0 radical (unpaired) electrons. The molecule has 2 atom stereocenters. The Morgan fingerprint density at radius 3 is 2.64 bits per heavy atom. The lowest BCUT2D eigenvalue weighted by Crippen LogP contribution is -2.49. The Kier molecular flexibility index (Phi) is 4.48. The highest BCUT2D eigenvalue weighted by atomic mass is 35.5. The van der Waals surface area contributed by atoms with Crippen molar-refractivity contribution in [1.82, 2.24) is 5.32 Å². The number of hydrogen-bond acceptors (Lipinski definition) is 2. The van der Waals surface area contributed by atoms with Gasteiger partial charge in [-0.15, -0.1) is 0 Å². The first-order valence-electron chi connectivity index (χ1n) is 7.52. The summed E-state index contributed by atoms with van der Waals surface area (Å²) >= 11 is 5.94. The van der Waals surface area contributed by atoms with Crippen molar-refractivity contribution in [1.29, 1.82) is 0 Å². The summed E-state index contributed by atoms with van der Waals surface area (Å²) in [5.41, 5.74) is 0.529. The highest BCUT2D eigenvalue weighted by molar-refractivity contribution is 6.30. The van der Waals surface area contributed by atoms with E-state index in [-0.39, 0.29) is 11.7 Å². The zero-order chi connectivity index (χ0) is 15.6. The minimum absolute atomic E-state index is 0.0840. The highest BCUT2D eigenvalue weighted by Crippen LogP contribution is 2.37. The average molecular weight is 320 g/mol. The molecule has 1 fully saturated rings. The Morgan fingerprint density at radius 2 is 1.91 bits per heavy atom. The second-order valence-electron chi connectivity index (χ2n) is 5.88. The predicted molar refractivity (Wildman–Crippen MR) is 86.4 cm³/mol. The third kappa shape index (κ3) is 3.02. The summed E-state index contributed by atoms with van der Waals surface area (Å²) in [6, 6.07) is 14.1. The van der Waals surface area contributed by atoms with Crippen LogP contribution in [0.3, 0.4) is 0 Å². The van der Waals surface area contributed by atoms with Gasteiger partial charge >= 0.3 is 0 Å². The van der Waals surface area contributed by atoms with Crippen LogP contribution in [0.4, 0.5) is 4.39 Å². The van der Waals surface area contributed by atoms with Gasteiger partial charge in [-0.3, -0.25) is 0 Å². The number of piperidine rings is 1. The van der Waals surface area contributed by atoms with E-state index in [9.17, 15) is 9.50 Å². The molecule has 1 aliphatic heterocycles. The van der Waals surface area contributed by atoms with Crippen molar-refractivity contribution in [3.63, 3.8) is 0 Å². The molecule has 22 heavy (non-hydrogen) atoms. The summed E-state index contributed by atoms with van der Waals surface area (Å²) in [5.74, 6) is -0.300. The van der Waals surface area contributed by atoms with Gasteiger partial charge in [0.25, 0.3) is 0 Å². The summed E-state index contributed by atoms with van der Waals surface area (Å²) in [4.78, 5) is 0. The monoisotopic (exact) mass is 319 g/mol. The minimum atomic E-state index is -0.960. The maximum absolute atomic E-state index is 13.9. The zero-order valence-electron chi connectivity index (χ0n) is 12.2. The number of benzene rings is 2. The molecular formula is C18H19ClFNO. The molecule has 0 amide bonds. The van der Waals surface area contributed by atoms with E-state index in [0.29, 0.717) is 30.0 Å². The van der Waals surface area contributed by atoms with Crippen LogP contribution in [0.2, 0.25) is 5.02 Å². The Bertz CT molecular complexity index is 646. The maximum Gasteiger partial charge on any atom is 0.126 e. The maximum atomic E-state index is 13.9. The molecule has 2 nitrogen and oxygen atoms in total. The van der Waals surface area contributed by atoms with Crippen molar-refractivity contribution in [2.75, 3.05) is 13.1 Å². The first-order valence-corrected chi connectivity index (χ1v) is 7.90. The molecule has 2 unspecified atom stereocenters. The molecule has 0 spiro atoms. The molecule has 0 bridgehead atoms. The van der Waals surface area contributed by atoms with E-state index in [1.165, 1.54) is 6.07 Å². The van der Waals surface area contributed by atoms with Gasteiger partial charge in [0.15, 0.2) is 0 Å². The summed E-state index contributed by atoms with van der Waals surface area (Å²) in [6.07, 6.45) is 1.10. The van der Waals surface area contributed by atoms with Crippen molar-refractivity contribution in [3.05, 3.63) is 70.5 Å². The van der Waals surface area contributed by atoms with Crippen LogP contribution in [0.25, 0.3) is 0 Å². The fourth-order valence-corrected chi connectivity index (χ4v) is 3.34. The molecule has 2 N–H and O–H groups in total. The fraction of sp³-hybridized carbons (Fsp3) is 0.333. The van der Waals surface area contributed by atoms with Gasteiger partial charge in [-0.2, -0.15) is 0 Å². The first-order chi connectivity index (χ1) is 10.6. The Hall–Kier alpha value is -1.42. The van der Waals surface area contributed by atoms with Crippen LogP contribution >= 0.6 is 11.6 Å². The lowest BCUT2D eigenvalue weighted by molar-refractivity contribution is -0.0465. The van der Waals surface area contributed by atoms with Gasteiger partial charge in [0.05, 0.1) is 5.60 Å². The van der Waals surface area contributed by atoms with Crippen molar-refractivity contribution >= 4 is 11.6 Å². The Morgan fingerprint density at radius 1 is 1.18 bits per heavy atom. The van der Waals surface area contributed by atoms with Crippen molar-refractivity contribution in [2.24, 2.45) is 5.92 Å². The van der Waals surface area contributed by atoms with Gasteiger partial charge in [0.1, 0.15) is 5.82 Å². The van der Waals surface area contributed by atoms with Gasteiger partial charge in [-0.1, -0.05) is 41.9 Å². The van der Waals surface area contributed by atoms with E-state index in [1.807, 2.05) is 18.2 Å². The number of aliphatic hydroxyl groups is 1. The van der Waals surface area contributed by atoms with Crippen LogP contribution in [-0.2, 0) is 12.0 Å². The number of rotatable bonds is 3. The third-order valence-electron chi connectivity index (χ3n) is 4.52. The molecule has 1 heterocycles. The van der Waals surface area contributed by atoms with Gasteiger partial charge in [0, 0.05) is 17.5 Å². The molecule has 4 heteroatoms. The van der Waals surface area contributed by atoms with Crippen LogP contribution in [0.5, 0.6) is 0 Å². The second kappa shape index (κ2) is 6.37. The Labute approximate surface area is 134 Å². The molecule has 1 saturated heterocycles. The van der Waals surface area contributed by atoms with Crippen molar-refractivity contribution < 1.29 is 9.50 Å². The van der Waals surface area contributed by atoms with E-state index < -0.39 is 5.60 Å². The highest BCUT2D eigenvalue weighted by Gasteiger charge is 2.40. The van der Waals surface area contributed by atoms with E-state index in [1.54, 1.807) is 24.3 Å². The van der Waals surface area contributed by atoms with Crippen LogP contribution < -0.4 is 5.32 Å². The molecule has 0 aliphatic carbocycles. The average Bonchev–Trinajstić information content (AvgIpc) is 2.52. The van der Waals surface area contributed by atoms with Crippen LogP contribution in [0, 0.1) is 11.7 Å². The zero-order valence-corrected chi connectivity index (χ0v) is 13.0. The SMILES string of the molecule is OC1(c2ccc(Cl)cc2)CCNCC1Cc1ccccc1F. The minimum Gasteiger partial charge on any atom is -0.385 e. The second-order valence-corrected chi connectivity index (χ2v) is 6.31. The molecule has 116 valence electrons. The quantitative estimate of drug-likeness (QED) is 0.907. The molecule has 0 aromatic heterocycles. The smallest absolute Gasteiger partial charge is 0.126 e. The molecular weight excluding hydrogens is 301 g/mol. The molecule has 2 aromatic carbocycles. The first kappa shape index (κ1) is 15.5. The largest absolute Gasteiger partial charge is 0.385 e. The van der Waals surface area contributed by atoms with Crippen LogP contribution in [0.15, 0.2) is 48.5 Å².